The van der Waals surface area contributed by atoms with E-state index in [-0.39, 0.29) is 43.6 Å². The Balaban J connectivity index is 0.000000477. The average molecular weight is 460 g/mol. The third-order valence-electron chi connectivity index (χ3n) is 4.89. The van der Waals surface area contributed by atoms with Gasteiger partial charge in [-0.15, -0.1) is 0 Å². The second-order valence-electron chi connectivity index (χ2n) is 6.93. The van der Waals surface area contributed by atoms with Gasteiger partial charge in [0.2, 0.25) is 6.41 Å². The first kappa shape index (κ1) is 27.4. The quantitative estimate of drug-likeness (QED) is 0.405. The molecule has 0 spiro atoms. The van der Waals surface area contributed by atoms with Crippen molar-refractivity contribution in [3.8, 4) is 5.75 Å². The summed E-state index contributed by atoms with van der Waals surface area (Å²) in [5, 5.41) is 10.7. The summed E-state index contributed by atoms with van der Waals surface area (Å²) in [6.45, 7) is 5.82. The topological polar surface area (TPSA) is 52.6 Å². The second-order valence-corrected chi connectivity index (χ2v) is 6.93. The molecule has 0 aliphatic carbocycles. The van der Waals surface area contributed by atoms with Gasteiger partial charge in [0.25, 0.3) is 5.92 Å². The number of nitrogens with one attached hydrogen (secondary N) is 1. The molecule has 1 aliphatic heterocycles. The van der Waals surface area contributed by atoms with Crippen molar-refractivity contribution in [2.45, 2.75) is 51.8 Å². The van der Waals surface area contributed by atoms with Crippen LogP contribution in [0.2, 0.25) is 0 Å². The van der Waals surface area contributed by atoms with Crippen LogP contribution >= 0.6 is 0 Å². The van der Waals surface area contributed by atoms with Gasteiger partial charge in [-0.3, -0.25) is 9.69 Å². The van der Waals surface area contributed by atoms with Crippen molar-refractivity contribution in [1.29, 1.82) is 0 Å². The number of rotatable bonds is 4. The van der Waals surface area contributed by atoms with E-state index in [1.165, 1.54) is 12.1 Å². The molecule has 32 heavy (non-hydrogen) atoms. The smallest absolute Gasteiger partial charge is 0.418 e. The van der Waals surface area contributed by atoms with E-state index in [1.807, 2.05) is 19.9 Å². The Morgan fingerprint density at radius 1 is 1.03 bits per heavy atom. The lowest BCUT2D eigenvalue weighted by molar-refractivity contribution is -0.137. The standard InChI is InChI=1S/C15H17F5N2O.C6H6O.C2H6/c1-10(22-7-5-14(16,17)6-8-22)11-3-2-4-12(15(18,19)20)13(11)21-9-23;7-6-4-2-1-3-5-6;1-2/h2-4,9-10H,5-8H2,1H3,(H,21,23);1-5,7H;1-2H3. The van der Waals surface area contributed by atoms with E-state index in [1.54, 1.807) is 36.1 Å². The van der Waals surface area contributed by atoms with E-state index in [0.717, 1.165) is 6.07 Å². The molecule has 9 heteroatoms. The van der Waals surface area contributed by atoms with E-state index in [0.29, 0.717) is 5.75 Å². The monoisotopic (exact) mass is 460 g/mol. The molecule has 1 atom stereocenters. The highest BCUT2D eigenvalue weighted by Crippen LogP contribution is 2.40. The van der Waals surface area contributed by atoms with Gasteiger partial charge in [0, 0.05) is 32.0 Å². The van der Waals surface area contributed by atoms with Crippen molar-refractivity contribution < 1.29 is 31.9 Å². The highest BCUT2D eigenvalue weighted by atomic mass is 19.4. The van der Waals surface area contributed by atoms with Crippen LogP contribution in [-0.4, -0.2) is 35.4 Å². The first-order valence-electron chi connectivity index (χ1n) is 10.3. The van der Waals surface area contributed by atoms with Gasteiger partial charge in [-0.1, -0.05) is 44.2 Å². The number of anilines is 1. The Hall–Kier alpha value is -2.68. The second kappa shape index (κ2) is 12.4. The Labute approximate surface area is 185 Å². The Bertz CT molecular complexity index is 819. The number of amides is 1. The molecular weight excluding hydrogens is 431 g/mol. The fourth-order valence-electron chi connectivity index (χ4n) is 3.24. The first-order chi connectivity index (χ1) is 15.0. The SMILES string of the molecule is CC.CC(c1cccc(C(F)(F)F)c1NC=O)N1CCC(F)(F)CC1.Oc1ccccc1. The van der Waals surface area contributed by atoms with Gasteiger partial charge in [-0.05, 0) is 30.7 Å². The van der Waals surface area contributed by atoms with Crippen molar-refractivity contribution in [2.24, 2.45) is 0 Å². The molecular formula is C23H29F5N2O2. The minimum absolute atomic E-state index is 0.0882. The van der Waals surface area contributed by atoms with Crippen LogP contribution in [0.15, 0.2) is 48.5 Å². The van der Waals surface area contributed by atoms with Gasteiger partial charge in [0.05, 0.1) is 11.3 Å². The predicted octanol–water partition coefficient (Wildman–Crippen LogP) is 6.48. The Morgan fingerprint density at radius 2 is 1.59 bits per heavy atom. The largest absolute Gasteiger partial charge is 0.508 e. The normalized spacial score (nSPS) is 16.5. The zero-order chi connectivity index (χ0) is 24.4. The Kier molecular flexibility index (Phi) is 10.6. The molecule has 3 rings (SSSR count). The molecule has 2 aromatic carbocycles. The highest BCUT2D eigenvalue weighted by molar-refractivity contribution is 5.76. The van der Waals surface area contributed by atoms with Crippen molar-refractivity contribution >= 4 is 12.1 Å². The van der Waals surface area contributed by atoms with Crippen LogP contribution in [-0.2, 0) is 11.0 Å². The summed E-state index contributed by atoms with van der Waals surface area (Å²) in [5.74, 6) is -2.41. The van der Waals surface area contributed by atoms with E-state index in [9.17, 15) is 26.7 Å². The number of phenols is 1. The number of carbonyl (C=O) groups excluding carboxylic acids is 1. The van der Waals surface area contributed by atoms with Crippen LogP contribution in [0.5, 0.6) is 5.75 Å². The van der Waals surface area contributed by atoms with Crippen molar-refractivity contribution in [3.63, 3.8) is 0 Å². The molecule has 1 saturated heterocycles. The molecule has 1 aliphatic rings. The summed E-state index contributed by atoms with van der Waals surface area (Å²) in [4.78, 5) is 12.4. The minimum atomic E-state index is -4.62. The predicted molar refractivity (Wildman–Crippen MR) is 115 cm³/mol. The number of halogens is 5. The molecule has 1 heterocycles. The maximum Gasteiger partial charge on any atom is 0.418 e. The number of hydrogen-bond donors (Lipinski definition) is 2. The van der Waals surface area contributed by atoms with Gasteiger partial charge in [-0.2, -0.15) is 13.2 Å². The molecule has 0 saturated carbocycles. The number of likely N-dealkylation sites (tertiary alicyclic amines) is 1. The third kappa shape index (κ3) is 8.11. The maximum atomic E-state index is 13.2. The number of hydrogen-bond acceptors (Lipinski definition) is 3. The number of benzene rings is 2. The molecule has 0 radical (unpaired) electrons. The average Bonchev–Trinajstić information content (AvgIpc) is 2.75. The summed E-state index contributed by atoms with van der Waals surface area (Å²) in [6.07, 6.45) is -5.08. The van der Waals surface area contributed by atoms with Crippen molar-refractivity contribution in [3.05, 3.63) is 59.7 Å². The lowest BCUT2D eigenvalue weighted by atomic mass is 9.97. The molecule has 1 fully saturated rings. The first-order valence-corrected chi connectivity index (χ1v) is 10.3. The van der Waals surface area contributed by atoms with E-state index >= 15 is 0 Å². The van der Waals surface area contributed by atoms with Gasteiger partial charge >= 0.3 is 6.18 Å². The summed E-state index contributed by atoms with van der Waals surface area (Å²) < 4.78 is 65.7. The lowest BCUT2D eigenvalue weighted by Gasteiger charge is -2.36. The zero-order valence-corrected chi connectivity index (χ0v) is 18.3. The Morgan fingerprint density at radius 3 is 2.03 bits per heavy atom. The molecule has 2 N–H and O–H groups in total. The number of phenolic OH excluding ortho intramolecular Hbond substituents is 1. The van der Waals surface area contributed by atoms with E-state index in [4.69, 9.17) is 5.11 Å². The molecule has 4 nitrogen and oxygen atoms in total. The number of nitrogens with zero attached hydrogens (tertiary/aromatic N) is 1. The fourth-order valence-corrected chi connectivity index (χ4v) is 3.24. The van der Waals surface area contributed by atoms with Crippen LogP contribution in [0, 0.1) is 0 Å². The molecule has 1 unspecified atom stereocenters. The van der Waals surface area contributed by atoms with Crippen molar-refractivity contribution in [2.75, 3.05) is 18.4 Å². The minimum Gasteiger partial charge on any atom is -0.508 e. The van der Waals surface area contributed by atoms with Gasteiger partial charge in [0.1, 0.15) is 5.75 Å². The number of alkyl halides is 5. The summed E-state index contributed by atoms with van der Waals surface area (Å²) in [5.41, 5.74) is -1.01. The lowest BCUT2D eigenvalue weighted by Crippen LogP contribution is -2.40. The molecule has 0 bridgehead atoms. The number of piperidine rings is 1. The number of carbonyl (C=O) groups is 1. The third-order valence-corrected chi connectivity index (χ3v) is 4.89. The van der Waals surface area contributed by atoms with Crippen LogP contribution in [0.1, 0.15) is 50.8 Å². The number of aromatic hydroxyl groups is 1. The van der Waals surface area contributed by atoms with E-state index < -0.39 is 23.7 Å². The summed E-state index contributed by atoms with van der Waals surface area (Å²) in [6, 6.07) is 11.8. The van der Waals surface area contributed by atoms with Crippen LogP contribution in [0.25, 0.3) is 0 Å². The van der Waals surface area contributed by atoms with E-state index in [2.05, 4.69) is 5.32 Å². The maximum absolute atomic E-state index is 13.2. The van der Waals surface area contributed by atoms with Crippen LogP contribution < -0.4 is 5.32 Å². The fraction of sp³-hybridized carbons (Fsp3) is 0.435. The molecule has 0 aromatic heterocycles. The number of para-hydroxylation sites is 2. The summed E-state index contributed by atoms with van der Waals surface area (Å²) in [7, 11) is 0. The zero-order valence-electron chi connectivity index (χ0n) is 18.3. The van der Waals surface area contributed by atoms with Gasteiger partial charge in [0.15, 0.2) is 0 Å². The highest BCUT2D eigenvalue weighted by Gasteiger charge is 2.38. The molecule has 1 amide bonds. The van der Waals surface area contributed by atoms with Gasteiger partial charge < -0.3 is 10.4 Å². The molecule has 2 aromatic rings. The van der Waals surface area contributed by atoms with Crippen LogP contribution in [0.3, 0.4) is 0 Å². The van der Waals surface area contributed by atoms with Gasteiger partial charge in [-0.25, -0.2) is 8.78 Å². The summed E-state index contributed by atoms with van der Waals surface area (Å²) >= 11 is 0. The van der Waals surface area contributed by atoms with Crippen molar-refractivity contribution in [1.82, 2.24) is 4.90 Å². The molecule has 178 valence electrons. The van der Waals surface area contributed by atoms with Crippen LogP contribution in [0.4, 0.5) is 27.6 Å².